The molecule has 428 valence electrons. The Morgan fingerprint density at radius 1 is 0.640 bits per heavy atom. The normalized spacial score (nSPS) is 48.9. The molecule has 0 aromatic heterocycles. The van der Waals surface area contributed by atoms with Gasteiger partial charge in [0.15, 0.2) is 25.2 Å². The Labute approximate surface area is 445 Å². The van der Waals surface area contributed by atoms with Crippen LogP contribution >= 0.6 is 0 Å². The zero-order valence-electron chi connectivity index (χ0n) is 47.5. The molecule has 0 unspecified atom stereocenters. The molecule has 0 aromatic carbocycles. The van der Waals surface area contributed by atoms with Crippen LogP contribution in [0.5, 0.6) is 0 Å². The molecule has 8 rings (SSSR count). The Morgan fingerprint density at radius 2 is 1.11 bits per heavy atom. The Bertz CT molecular complexity index is 2080. The SMILES string of the molecule is CO[C@H]1C[C@H](O[C@H]2[C@@H](OC)C[C@H](O[C@H]3CC[C@@]4(C)C(=CC[C@]5(O)[C@@H]4C[C@@H](OC(=O)CC(C)=C(C)C)[C@@]4(C)[C@@]5(O)CC[C@@]4(C)C(C)=O)C3)O[C@@H]2C)O[C@@H](C)[C@H]1O[C@H]1C[C@H](OC)[C@H](O[C@H]2C[C@@H](OC)[C@@H](O)[C@H](C)O2)[C@@H](C)O1. The molecule has 4 saturated heterocycles. The van der Waals surface area contributed by atoms with Crippen LogP contribution in [0.1, 0.15) is 153 Å². The van der Waals surface area contributed by atoms with Crippen LogP contribution in [0.25, 0.3) is 0 Å². The number of hydrogen-bond donors (Lipinski definition) is 3. The largest absolute Gasteiger partial charge is 0.461 e. The van der Waals surface area contributed by atoms with Gasteiger partial charge in [-0.05, 0) is 106 Å². The van der Waals surface area contributed by atoms with Crippen molar-refractivity contribution in [2.75, 3.05) is 28.4 Å². The second-order valence-corrected chi connectivity index (χ2v) is 24.4. The maximum absolute atomic E-state index is 13.7. The molecular formula is C57H92O18. The standard InChI is InChI=1S/C57H92O18/c1-29(2)30(3)22-44(59)72-43-28-42-53(9)18-17-37(23-36(53)16-19-56(42,61)57(62)21-20-54(10,35(8)58)55(43,57)11)71-45-25-39(64-13)50(32(5)68-45)74-47-27-41(66-15)52(34(7)70-47)75-48-26-40(65-14)51(33(6)69-48)73-46-24-38(63-12)49(60)31(4)67-46/h16,31-34,37-43,45-52,60-62H,17-28H2,1-15H3/t31-,32+,33+,34-,37-,38+,39-,40-,41-,42+,43+,45-,46-,47-,48-,49-,50+,51+,52+,53-,54-,55+,56-,57-/m0/s1. The number of esters is 1. The number of carbonyl (C=O) groups excluding carboxylic acids is 2. The lowest BCUT2D eigenvalue weighted by Crippen LogP contribution is -2.76. The number of methoxy groups -OCH3 is 4. The molecule has 75 heavy (non-hydrogen) atoms. The summed E-state index contributed by atoms with van der Waals surface area (Å²) in [4.78, 5) is 27.3. The summed E-state index contributed by atoms with van der Waals surface area (Å²) in [5.74, 6) is -0.920. The van der Waals surface area contributed by atoms with Crippen LogP contribution in [-0.2, 0) is 71.2 Å². The highest BCUT2D eigenvalue weighted by Gasteiger charge is 2.80. The van der Waals surface area contributed by atoms with E-state index in [1.54, 1.807) is 42.3 Å². The first-order valence-corrected chi connectivity index (χ1v) is 27.8. The lowest BCUT2D eigenvalue weighted by atomic mass is 9.41. The van der Waals surface area contributed by atoms with Gasteiger partial charge < -0.3 is 76.9 Å². The summed E-state index contributed by atoms with van der Waals surface area (Å²) < 4.78 is 81.9. The van der Waals surface area contributed by atoms with Gasteiger partial charge in [-0.15, -0.1) is 0 Å². The second-order valence-electron chi connectivity index (χ2n) is 24.4. The lowest BCUT2D eigenvalue weighted by Gasteiger charge is -2.67. The molecule has 0 aromatic rings. The van der Waals surface area contributed by atoms with Crippen molar-refractivity contribution in [3.63, 3.8) is 0 Å². The van der Waals surface area contributed by atoms with Gasteiger partial charge in [-0.2, -0.15) is 0 Å². The first kappa shape index (κ1) is 59.1. The van der Waals surface area contributed by atoms with Gasteiger partial charge in [-0.1, -0.05) is 43.6 Å². The molecule has 3 N–H and O–H groups in total. The number of fused-ring (bicyclic) bond motifs is 5. The molecule has 4 aliphatic carbocycles. The number of aliphatic hydroxyl groups is 3. The topological polar surface area (TPSA) is 215 Å². The van der Waals surface area contributed by atoms with Crippen LogP contribution in [0, 0.1) is 22.2 Å². The Kier molecular flexibility index (Phi) is 18.0. The van der Waals surface area contributed by atoms with Gasteiger partial charge in [-0.25, -0.2) is 0 Å². The summed E-state index contributed by atoms with van der Waals surface area (Å²) in [6, 6.07) is 0. The number of allylic oxidation sites excluding steroid dienone is 1. The van der Waals surface area contributed by atoms with Gasteiger partial charge in [0.25, 0.3) is 0 Å². The van der Waals surface area contributed by atoms with Gasteiger partial charge in [0.1, 0.15) is 47.5 Å². The van der Waals surface area contributed by atoms with Crippen molar-refractivity contribution in [2.45, 2.75) is 275 Å². The number of ketones is 1. The quantitative estimate of drug-likeness (QED) is 0.110. The van der Waals surface area contributed by atoms with Crippen LogP contribution in [-0.4, -0.2) is 177 Å². The average Bonchev–Trinajstić information content (AvgIpc) is 3.59. The summed E-state index contributed by atoms with van der Waals surface area (Å²) in [5, 5.41) is 36.6. The smallest absolute Gasteiger partial charge is 0.310 e. The summed E-state index contributed by atoms with van der Waals surface area (Å²) in [7, 11) is 6.52. The van der Waals surface area contributed by atoms with Gasteiger partial charge in [-0.3, -0.25) is 9.59 Å². The van der Waals surface area contributed by atoms with E-state index in [2.05, 4.69) is 13.0 Å². The molecule has 3 saturated carbocycles. The number of aliphatic hydroxyl groups excluding tert-OH is 1. The van der Waals surface area contributed by atoms with E-state index >= 15 is 0 Å². The first-order valence-electron chi connectivity index (χ1n) is 27.8. The van der Waals surface area contributed by atoms with Gasteiger partial charge in [0.2, 0.25) is 0 Å². The van der Waals surface area contributed by atoms with Crippen LogP contribution in [0.3, 0.4) is 0 Å². The van der Waals surface area contributed by atoms with Crippen LogP contribution in [0.4, 0.5) is 0 Å². The molecule has 0 amide bonds. The Morgan fingerprint density at radius 3 is 1.57 bits per heavy atom. The minimum absolute atomic E-state index is 0.0839. The molecule has 0 bridgehead atoms. The van der Waals surface area contributed by atoms with Gasteiger partial charge in [0, 0.05) is 70.9 Å². The van der Waals surface area contributed by atoms with Crippen LogP contribution < -0.4 is 0 Å². The fourth-order valence-corrected chi connectivity index (χ4v) is 15.0. The van der Waals surface area contributed by atoms with Crippen molar-refractivity contribution in [3.05, 3.63) is 22.8 Å². The molecule has 8 aliphatic rings. The van der Waals surface area contributed by atoms with E-state index in [9.17, 15) is 24.9 Å². The summed E-state index contributed by atoms with van der Waals surface area (Å²) in [6.45, 7) is 20.9. The van der Waals surface area contributed by atoms with E-state index in [0.29, 0.717) is 57.8 Å². The Balaban J connectivity index is 0.876. The van der Waals surface area contributed by atoms with Gasteiger partial charge >= 0.3 is 5.97 Å². The molecular weight excluding hydrogens is 973 g/mol. The molecule has 0 radical (unpaired) electrons. The number of Topliss-reactive ketones (excluding diaryl/α,β-unsaturated/α-hetero) is 1. The van der Waals surface area contributed by atoms with Crippen molar-refractivity contribution in [2.24, 2.45) is 22.2 Å². The zero-order chi connectivity index (χ0) is 54.7. The van der Waals surface area contributed by atoms with E-state index in [1.807, 2.05) is 55.4 Å². The van der Waals surface area contributed by atoms with E-state index in [1.165, 1.54) is 0 Å². The van der Waals surface area contributed by atoms with E-state index < -0.39 is 132 Å². The van der Waals surface area contributed by atoms with Gasteiger partial charge in [0.05, 0.1) is 61.4 Å². The fourth-order valence-electron chi connectivity index (χ4n) is 15.0. The third kappa shape index (κ3) is 10.7. The van der Waals surface area contributed by atoms with Crippen molar-refractivity contribution in [1.82, 2.24) is 0 Å². The molecule has 4 aliphatic heterocycles. The predicted molar refractivity (Wildman–Crippen MR) is 272 cm³/mol. The van der Waals surface area contributed by atoms with Crippen molar-refractivity contribution in [1.29, 1.82) is 0 Å². The zero-order valence-corrected chi connectivity index (χ0v) is 47.5. The number of carbonyl (C=O) groups is 2. The average molecular weight is 1070 g/mol. The monoisotopic (exact) mass is 1060 g/mol. The second kappa shape index (κ2) is 22.9. The molecule has 4 heterocycles. The molecule has 24 atom stereocenters. The lowest BCUT2D eigenvalue weighted by molar-refractivity contribution is -0.347. The maximum Gasteiger partial charge on any atom is 0.310 e. The molecule has 18 nitrogen and oxygen atoms in total. The van der Waals surface area contributed by atoms with Crippen LogP contribution in [0.15, 0.2) is 22.8 Å². The Hall–Kier alpha value is -1.98. The predicted octanol–water partition coefficient (Wildman–Crippen LogP) is 6.54. The number of rotatable bonds is 16. The highest BCUT2D eigenvalue weighted by Crippen LogP contribution is 2.73. The highest BCUT2D eigenvalue weighted by molar-refractivity contribution is 5.84. The molecule has 7 fully saturated rings. The third-order valence-electron chi connectivity index (χ3n) is 20.3. The molecule has 18 heteroatoms. The first-order chi connectivity index (χ1) is 35.3. The van der Waals surface area contributed by atoms with Crippen LogP contribution in [0.2, 0.25) is 0 Å². The number of ether oxygens (including phenoxy) is 13. The maximum atomic E-state index is 13.7. The minimum atomic E-state index is -1.69. The third-order valence-corrected chi connectivity index (χ3v) is 20.3. The summed E-state index contributed by atoms with van der Waals surface area (Å²) >= 11 is 0. The summed E-state index contributed by atoms with van der Waals surface area (Å²) in [6.07, 6.45) is -2.00. The van der Waals surface area contributed by atoms with Crippen molar-refractivity contribution >= 4 is 11.8 Å². The molecule has 0 spiro atoms. The van der Waals surface area contributed by atoms with Crippen molar-refractivity contribution in [3.8, 4) is 0 Å². The number of hydrogen-bond acceptors (Lipinski definition) is 18. The van der Waals surface area contributed by atoms with E-state index in [4.69, 9.17) is 61.6 Å². The fraction of sp³-hybridized carbons (Fsp3) is 0.895. The highest BCUT2D eigenvalue weighted by atomic mass is 16.8. The van der Waals surface area contributed by atoms with Crippen molar-refractivity contribution < 1.29 is 86.5 Å². The summed E-state index contributed by atoms with van der Waals surface area (Å²) in [5.41, 5.74) is -2.91. The van der Waals surface area contributed by atoms with E-state index in [0.717, 1.165) is 16.7 Å². The van der Waals surface area contributed by atoms with E-state index in [-0.39, 0.29) is 43.4 Å². The minimum Gasteiger partial charge on any atom is -0.461 e.